The molecule has 1 atom stereocenters. The van der Waals surface area contributed by atoms with Crippen molar-refractivity contribution in [2.75, 3.05) is 19.7 Å². The van der Waals surface area contributed by atoms with Gasteiger partial charge in [-0.3, -0.25) is 9.78 Å². The molecule has 1 aromatic heterocycles. The van der Waals surface area contributed by atoms with Gasteiger partial charge in [-0.2, -0.15) is 0 Å². The highest BCUT2D eigenvalue weighted by atomic mass is 16.5. The van der Waals surface area contributed by atoms with Gasteiger partial charge in [0.1, 0.15) is 0 Å². The second-order valence-corrected chi connectivity index (χ2v) is 6.38. The minimum atomic E-state index is 0.0970. The minimum Gasteiger partial charge on any atom is -0.376 e. The first-order valence-corrected chi connectivity index (χ1v) is 7.98. The van der Waals surface area contributed by atoms with Gasteiger partial charge >= 0.3 is 0 Å². The largest absolute Gasteiger partial charge is 0.376 e. The Bertz CT molecular complexity index is 526. The number of aryl methyl sites for hydroxylation is 2. The van der Waals surface area contributed by atoms with E-state index in [1.54, 1.807) is 0 Å². The molecule has 0 aromatic carbocycles. The van der Waals surface area contributed by atoms with E-state index in [1.165, 1.54) is 12.8 Å². The van der Waals surface area contributed by atoms with Crippen LogP contribution < -0.4 is 0 Å². The van der Waals surface area contributed by atoms with Crippen LogP contribution in [0.15, 0.2) is 12.1 Å². The molecule has 1 aromatic rings. The van der Waals surface area contributed by atoms with E-state index in [-0.39, 0.29) is 12.0 Å². The van der Waals surface area contributed by atoms with E-state index in [0.29, 0.717) is 0 Å². The summed E-state index contributed by atoms with van der Waals surface area (Å²) in [5, 5.41) is 0. The normalized spacial score (nSPS) is 22.4. The Morgan fingerprint density at radius 2 is 2.14 bits per heavy atom. The third-order valence-corrected chi connectivity index (χ3v) is 4.39. The molecule has 0 spiro atoms. The van der Waals surface area contributed by atoms with Crippen molar-refractivity contribution in [2.45, 2.75) is 45.6 Å². The Labute approximate surface area is 126 Å². The summed E-state index contributed by atoms with van der Waals surface area (Å²) in [5.41, 5.74) is 2.50. The molecule has 0 bridgehead atoms. The standard InChI is InChI=1S/C17H24N2O2/c1-12-5-8-16(13(2)18-12)17(20)19-9-3-4-15(10-19)21-11-14-6-7-14/h5,8,14-15H,3-4,6-7,9-11H2,1-2H3. The number of ether oxygens (including phenoxy) is 1. The van der Waals surface area contributed by atoms with Crippen molar-refractivity contribution in [3.05, 3.63) is 29.1 Å². The van der Waals surface area contributed by atoms with Gasteiger partial charge in [-0.15, -0.1) is 0 Å². The highest BCUT2D eigenvalue weighted by Crippen LogP contribution is 2.30. The lowest BCUT2D eigenvalue weighted by Gasteiger charge is -2.33. The number of carbonyl (C=O) groups is 1. The zero-order valence-electron chi connectivity index (χ0n) is 13.0. The van der Waals surface area contributed by atoms with Crippen LogP contribution in [0.4, 0.5) is 0 Å². The summed E-state index contributed by atoms with van der Waals surface area (Å²) >= 11 is 0. The summed E-state index contributed by atoms with van der Waals surface area (Å²) in [7, 11) is 0. The molecule has 2 fully saturated rings. The van der Waals surface area contributed by atoms with Gasteiger partial charge in [0.05, 0.1) is 17.4 Å². The summed E-state index contributed by atoms with van der Waals surface area (Å²) < 4.78 is 5.96. The first-order valence-electron chi connectivity index (χ1n) is 7.98. The van der Waals surface area contributed by atoms with E-state index in [9.17, 15) is 4.79 Å². The molecule has 1 saturated carbocycles. The van der Waals surface area contributed by atoms with Crippen molar-refractivity contribution < 1.29 is 9.53 Å². The van der Waals surface area contributed by atoms with Crippen molar-refractivity contribution in [3.8, 4) is 0 Å². The summed E-state index contributed by atoms with van der Waals surface area (Å²) in [6, 6.07) is 3.81. The summed E-state index contributed by atoms with van der Waals surface area (Å²) in [6.07, 6.45) is 4.93. The SMILES string of the molecule is Cc1ccc(C(=O)N2CCCC(OCC3CC3)C2)c(C)n1. The first-order chi connectivity index (χ1) is 10.1. The predicted octanol–water partition coefficient (Wildman–Crippen LogP) is 2.73. The lowest BCUT2D eigenvalue weighted by molar-refractivity contribution is -0.00246. The van der Waals surface area contributed by atoms with Crippen LogP contribution in [0.1, 0.15) is 47.4 Å². The van der Waals surface area contributed by atoms with Gasteiger partial charge in [0.25, 0.3) is 5.91 Å². The molecule has 1 aliphatic heterocycles. The zero-order chi connectivity index (χ0) is 14.8. The fourth-order valence-corrected chi connectivity index (χ4v) is 2.90. The highest BCUT2D eigenvalue weighted by molar-refractivity contribution is 5.95. The quantitative estimate of drug-likeness (QED) is 0.855. The van der Waals surface area contributed by atoms with Gasteiger partial charge in [0, 0.05) is 25.4 Å². The molecule has 1 aliphatic carbocycles. The molecule has 3 rings (SSSR count). The zero-order valence-corrected chi connectivity index (χ0v) is 13.0. The fourth-order valence-electron chi connectivity index (χ4n) is 2.90. The predicted molar refractivity (Wildman–Crippen MR) is 81.3 cm³/mol. The van der Waals surface area contributed by atoms with Crippen molar-refractivity contribution in [2.24, 2.45) is 5.92 Å². The third-order valence-electron chi connectivity index (χ3n) is 4.39. The fraction of sp³-hybridized carbons (Fsp3) is 0.647. The van der Waals surface area contributed by atoms with Crippen molar-refractivity contribution >= 4 is 5.91 Å². The topological polar surface area (TPSA) is 42.4 Å². The van der Waals surface area contributed by atoms with Gasteiger partial charge < -0.3 is 9.64 Å². The Morgan fingerprint density at radius 1 is 1.33 bits per heavy atom. The first kappa shape index (κ1) is 14.5. The Balaban J connectivity index is 1.62. The molecular weight excluding hydrogens is 264 g/mol. The smallest absolute Gasteiger partial charge is 0.255 e. The van der Waals surface area contributed by atoms with E-state index in [2.05, 4.69) is 4.98 Å². The van der Waals surface area contributed by atoms with Gasteiger partial charge in [0.2, 0.25) is 0 Å². The Hall–Kier alpha value is -1.42. The molecule has 1 unspecified atom stereocenters. The molecule has 114 valence electrons. The number of amides is 1. The Morgan fingerprint density at radius 3 is 2.86 bits per heavy atom. The van der Waals surface area contributed by atoms with Gasteiger partial charge in [0.15, 0.2) is 0 Å². The van der Waals surface area contributed by atoms with E-state index < -0.39 is 0 Å². The molecule has 21 heavy (non-hydrogen) atoms. The molecule has 1 amide bonds. The molecule has 1 saturated heterocycles. The number of nitrogens with zero attached hydrogens (tertiary/aromatic N) is 2. The van der Waals surface area contributed by atoms with Crippen LogP contribution in [0.3, 0.4) is 0 Å². The van der Waals surface area contributed by atoms with Crippen molar-refractivity contribution in [1.82, 2.24) is 9.88 Å². The van der Waals surface area contributed by atoms with E-state index >= 15 is 0 Å². The average molecular weight is 288 g/mol. The molecule has 4 heteroatoms. The third kappa shape index (κ3) is 3.62. The second kappa shape index (κ2) is 6.14. The van der Waals surface area contributed by atoms with E-state index in [4.69, 9.17) is 4.74 Å². The van der Waals surface area contributed by atoms with Gasteiger partial charge in [-0.25, -0.2) is 0 Å². The van der Waals surface area contributed by atoms with Crippen molar-refractivity contribution in [3.63, 3.8) is 0 Å². The molecule has 4 nitrogen and oxygen atoms in total. The second-order valence-electron chi connectivity index (χ2n) is 6.38. The number of rotatable bonds is 4. The maximum atomic E-state index is 12.7. The van der Waals surface area contributed by atoms with Crippen LogP contribution in [0, 0.1) is 19.8 Å². The molecular formula is C17H24N2O2. The molecule has 2 heterocycles. The van der Waals surface area contributed by atoms with Crippen LogP contribution in [-0.4, -0.2) is 41.6 Å². The number of piperidine rings is 1. The number of carbonyl (C=O) groups excluding carboxylic acids is 1. The van der Waals surface area contributed by atoms with Crippen LogP contribution >= 0.6 is 0 Å². The van der Waals surface area contributed by atoms with Gasteiger partial charge in [-0.05, 0) is 57.6 Å². The number of aromatic nitrogens is 1. The number of hydrogen-bond acceptors (Lipinski definition) is 3. The van der Waals surface area contributed by atoms with Crippen molar-refractivity contribution in [1.29, 1.82) is 0 Å². The minimum absolute atomic E-state index is 0.0970. The lowest BCUT2D eigenvalue weighted by atomic mass is 10.1. The highest BCUT2D eigenvalue weighted by Gasteiger charge is 2.28. The molecule has 0 radical (unpaired) electrons. The summed E-state index contributed by atoms with van der Waals surface area (Å²) in [4.78, 5) is 19.0. The number of hydrogen-bond donors (Lipinski definition) is 0. The van der Waals surface area contributed by atoms with Crippen LogP contribution in [-0.2, 0) is 4.74 Å². The summed E-state index contributed by atoms with van der Waals surface area (Å²) in [6.45, 7) is 6.28. The maximum absolute atomic E-state index is 12.7. The Kier molecular flexibility index (Phi) is 4.24. The van der Waals surface area contributed by atoms with Gasteiger partial charge in [-0.1, -0.05) is 0 Å². The van der Waals surface area contributed by atoms with Crippen LogP contribution in [0.5, 0.6) is 0 Å². The summed E-state index contributed by atoms with van der Waals surface area (Å²) in [5.74, 6) is 0.874. The van der Waals surface area contributed by atoms with Crippen LogP contribution in [0.2, 0.25) is 0 Å². The molecule has 0 N–H and O–H groups in total. The van der Waals surface area contributed by atoms with E-state index in [1.807, 2.05) is 30.9 Å². The average Bonchev–Trinajstić information content (AvgIpc) is 3.29. The lowest BCUT2D eigenvalue weighted by Crippen LogP contribution is -2.43. The molecule has 2 aliphatic rings. The number of pyridine rings is 1. The van der Waals surface area contributed by atoms with E-state index in [0.717, 1.165) is 55.4 Å². The maximum Gasteiger partial charge on any atom is 0.255 e. The van der Waals surface area contributed by atoms with Crippen LogP contribution in [0.25, 0.3) is 0 Å². The monoisotopic (exact) mass is 288 g/mol. The number of likely N-dealkylation sites (tertiary alicyclic amines) is 1.